The van der Waals surface area contributed by atoms with E-state index in [4.69, 9.17) is 5.11 Å². The molecule has 0 amide bonds. The summed E-state index contributed by atoms with van der Waals surface area (Å²) in [6.07, 6.45) is 1.15. The molecule has 0 aromatic carbocycles. The molecule has 82 valence electrons. The van der Waals surface area contributed by atoms with E-state index in [0.29, 0.717) is 12.0 Å². The number of carbonyl (C=O) groups is 1. The second kappa shape index (κ2) is 3.81. The Bertz CT molecular complexity index is 377. The zero-order chi connectivity index (χ0) is 11.0. The molecule has 0 spiro atoms. The molecule has 5 heteroatoms. The third-order valence-corrected chi connectivity index (χ3v) is 3.62. The second-order valence-electron chi connectivity index (χ2n) is 4.16. The number of thiazole rings is 1. The van der Waals surface area contributed by atoms with Gasteiger partial charge in [-0.15, -0.1) is 11.3 Å². The van der Waals surface area contributed by atoms with Gasteiger partial charge < -0.3 is 10.0 Å². The van der Waals surface area contributed by atoms with Crippen molar-refractivity contribution in [1.29, 1.82) is 0 Å². The fourth-order valence-corrected chi connectivity index (χ4v) is 2.97. The number of carboxylic acid groups (broad SMARTS) is 1. The molecule has 0 bridgehead atoms. The molecule has 15 heavy (non-hydrogen) atoms. The van der Waals surface area contributed by atoms with Crippen LogP contribution in [0.15, 0.2) is 5.38 Å². The molecule has 1 aromatic rings. The van der Waals surface area contributed by atoms with Gasteiger partial charge in [-0.2, -0.15) is 0 Å². The summed E-state index contributed by atoms with van der Waals surface area (Å²) < 4.78 is 0. The summed E-state index contributed by atoms with van der Waals surface area (Å²) in [6, 6.07) is 0.466. The number of carboxylic acids is 1. The fourth-order valence-electron chi connectivity index (χ4n) is 2.06. The van der Waals surface area contributed by atoms with E-state index < -0.39 is 5.97 Å². The van der Waals surface area contributed by atoms with E-state index >= 15 is 0 Å². The normalized spacial score (nSPS) is 25.9. The van der Waals surface area contributed by atoms with Crippen LogP contribution >= 0.6 is 11.3 Å². The molecule has 2 heterocycles. The van der Waals surface area contributed by atoms with Crippen LogP contribution in [-0.4, -0.2) is 28.6 Å². The average molecular weight is 226 g/mol. The van der Waals surface area contributed by atoms with Crippen LogP contribution in [0.3, 0.4) is 0 Å². The zero-order valence-corrected chi connectivity index (χ0v) is 9.62. The lowest BCUT2D eigenvalue weighted by Crippen LogP contribution is -2.26. The predicted molar refractivity (Wildman–Crippen MR) is 59.7 cm³/mol. The molecule has 2 unspecified atom stereocenters. The maximum Gasteiger partial charge on any atom is 0.355 e. The van der Waals surface area contributed by atoms with Gasteiger partial charge in [0, 0.05) is 18.0 Å². The summed E-state index contributed by atoms with van der Waals surface area (Å²) in [5, 5.41) is 11.2. The maximum atomic E-state index is 10.7. The molecule has 2 rings (SSSR count). The smallest absolute Gasteiger partial charge is 0.355 e. The molecule has 1 N–H and O–H groups in total. The minimum atomic E-state index is -0.947. The van der Waals surface area contributed by atoms with Crippen LogP contribution in [0.1, 0.15) is 30.8 Å². The standard InChI is InChI=1S/C10H14N2O2S/c1-6-3-7(2)12(4-6)10-11-8(5-15-10)9(13)14/h5-7H,3-4H2,1-2H3,(H,13,14). The Kier molecular flexibility index (Phi) is 2.65. The van der Waals surface area contributed by atoms with Crippen molar-refractivity contribution in [3.05, 3.63) is 11.1 Å². The molecule has 0 radical (unpaired) electrons. The first-order valence-electron chi connectivity index (χ1n) is 5.03. The lowest BCUT2D eigenvalue weighted by molar-refractivity contribution is 0.0691. The Hall–Kier alpha value is -1.10. The van der Waals surface area contributed by atoms with Crippen LogP contribution in [0.25, 0.3) is 0 Å². The van der Waals surface area contributed by atoms with Gasteiger partial charge in [-0.3, -0.25) is 0 Å². The molecular weight excluding hydrogens is 212 g/mol. The van der Waals surface area contributed by atoms with Crippen LogP contribution in [-0.2, 0) is 0 Å². The summed E-state index contributed by atoms with van der Waals surface area (Å²) in [5.74, 6) is -0.283. The van der Waals surface area contributed by atoms with Crippen molar-refractivity contribution >= 4 is 22.4 Å². The number of anilines is 1. The van der Waals surface area contributed by atoms with Crippen molar-refractivity contribution in [2.24, 2.45) is 5.92 Å². The van der Waals surface area contributed by atoms with Crippen LogP contribution in [0.4, 0.5) is 5.13 Å². The molecule has 1 aliphatic rings. The van der Waals surface area contributed by atoms with Gasteiger partial charge in [0.05, 0.1) is 0 Å². The molecule has 4 nitrogen and oxygen atoms in total. The zero-order valence-electron chi connectivity index (χ0n) is 8.80. The Morgan fingerprint density at radius 1 is 1.67 bits per heavy atom. The average Bonchev–Trinajstić information content (AvgIpc) is 2.71. The van der Waals surface area contributed by atoms with Gasteiger partial charge in [0.2, 0.25) is 0 Å². The summed E-state index contributed by atoms with van der Waals surface area (Å²) >= 11 is 1.41. The van der Waals surface area contributed by atoms with E-state index in [1.807, 2.05) is 0 Å². The first-order valence-corrected chi connectivity index (χ1v) is 5.91. The number of rotatable bonds is 2. The van der Waals surface area contributed by atoms with E-state index in [1.165, 1.54) is 11.3 Å². The Morgan fingerprint density at radius 3 is 2.87 bits per heavy atom. The molecule has 0 aliphatic carbocycles. The predicted octanol–water partition coefficient (Wildman–Crippen LogP) is 2.08. The Labute approximate surface area is 92.6 Å². The molecule has 2 atom stereocenters. The quantitative estimate of drug-likeness (QED) is 0.838. The van der Waals surface area contributed by atoms with Crippen LogP contribution in [0, 0.1) is 5.92 Å². The van der Waals surface area contributed by atoms with Crippen molar-refractivity contribution in [2.45, 2.75) is 26.3 Å². The van der Waals surface area contributed by atoms with Crippen LogP contribution < -0.4 is 4.90 Å². The summed E-state index contributed by atoms with van der Waals surface area (Å²) in [5.41, 5.74) is 0.154. The van der Waals surface area contributed by atoms with Gasteiger partial charge >= 0.3 is 5.97 Å². The highest BCUT2D eigenvalue weighted by molar-refractivity contribution is 7.13. The summed E-state index contributed by atoms with van der Waals surface area (Å²) in [4.78, 5) is 17.0. The molecule has 1 fully saturated rings. The summed E-state index contributed by atoms with van der Waals surface area (Å²) in [6.45, 7) is 5.35. The van der Waals surface area contributed by atoms with Crippen LogP contribution in [0.5, 0.6) is 0 Å². The molecule has 1 saturated heterocycles. The lowest BCUT2D eigenvalue weighted by Gasteiger charge is -2.19. The molecule has 1 aliphatic heterocycles. The number of nitrogens with zero attached hydrogens (tertiary/aromatic N) is 2. The van der Waals surface area contributed by atoms with Gasteiger partial charge in [-0.25, -0.2) is 9.78 Å². The van der Waals surface area contributed by atoms with E-state index in [1.54, 1.807) is 5.38 Å². The number of aromatic nitrogens is 1. The van der Waals surface area contributed by atoms with Gasteiger partial charge in [-0.05, 0) is 19.3 Å². The second-order valence-corrected chi connectivity index (χ2v) is 5.00. The van der Waals surface area contributed by atoms with Crippen molar-refractivity contribution in [3.63, 3.8) is 0 Å². The largest absolute Gasteiger partial charge is 0.476 e. The molecule has 0 saturated carbocycles. The van der Waals surface area contributed by atoms with Gasteiger partial charge in [0.15, 0.2) is 10.8 Å². The first-order chi connectivity index (χ1) is 7.08. The Morgan fingerprint density at radius 2 is 2.40 bits per heavy atom. The number of hydrogen-bond donors (Lipinski definition) is 1. The van der Waals surface area contributed by atoms with E-state index in [2.05, 4.69) is 23.7 Å². The highest BCUT2D eigenvalue weighted by Crippen LogP contribution is 2.30. The third-order valence-electron chi connectivity index (χ3n) is 2.74. The highest BCUT2D eigenvalue weighted by Gasteiger charge is 2.28. The SMILES string of the molecule is CC1CC(C)N(c2nc(C(=O)O)cs2)C1. The monoisotopic (exact) mass is 226 g/mol. The van der Waals surface area contributed by atoms with Gasteiger partial charge in [0.25, 0.3) is 0 Å². The van der Waals surface area contributed by atoms with E-state index in [9.17, 15) is 4.79 Å². The van der Waals surface area contributed by atoms with Crippen LogP contribution in [0.2, 0.25) is 0 Å². The van der Waals surface area contributed by atoms with Gasteiger partial charge in [0.1, 0.15) is 0 Å². The molecule has 1 aromatic heterocycles. The van der Waals surface area contributed by atoms with Crippen molar-refractivity contribution in [1.82, 2.24) is 4.98 Å². The summed E-state index contributed by atoms with van der Waals surface area (Å²) in [7, 11) is 0. The topological polar surface area (TPSA) is 53.4 Å². The minimum Gasteiger partial charge on any atom is -0.476 e. The molecular formula is C10H14N2O2S. The lowest BCUT2D eigenvalue weighted by atomic mass is 10.1. The highest BCUT2D eigenvalue weighted by atomic mass is 32.1. The number of aromatic carboxylic acids is 1. The van der Waals surface area contributed by atoms with E-state index in [-0.39, 0.29) is 5.69 Å². The van der Waals surface area contributed by atoms with Crippen molar-refractivity contribution in [3.8, 4) is 0 Å². The first kappa shape index (κ1) is 10.4. The van der Waals surface area contributed by atoms with Crippen molar-refractivity contribution < 1.29 is 9.90 Å². The number of hydrogen-bond acceptors (Lipinski definition) is 4. The maximum absolute atomic E-state index is 10.7. The minimum absolute atomic E-state index is 0.154. The third kappa shape index (κ3) is 1.97. The van der Waals surface area contributed by atoms with E-state index in [0.717, 1.165) is 18.1 Å². The fraction of sp³-hybridized carbons (Fsp3) is 0.600. The van der Waals surface area contributed by atoms with Crippen molar-refractivity contribution in [2.75, 3.05) is 11.4 Å². The van der Waals surface area contributed by atoms with Gasteiger partial charge in [-0.1, -0.05) is 6.92 Å². The Balaban J connectivity index is 2.19.